The van der Waals surface area contributed by atoms with Crippen LogP contribution >= 0.6 is 11.3 Å². The van der Waals surface area contributed by atoms with Crippen LogP contribution < -0.4 is 10.1 Å². The quantitative estimate of drug-likeness (QED) is 0.595. The Bertz CT molecular complexity index is 1130. The number of alkyl halides is 2. The van der Waals surface area contributed by atoms with Crippen LogP contribution in [0.1, 0.15) is 21.1 Å². The fourth-order valence-corrected chi connectivity index (χ4v) is 3.95. The van der Waals surface area contributed by atoms with Crippen LogP contribution in [0.4, 0.5) is 14.5 Å². The number of carbonyl (C=O) groups is 1. The van der Waals surface area contributed by atoms with E-state index in [2.05, 4.69) is 10.3 Å². The Labute approximate surface area is 170 Å². The predicted molar refractivity (Wildman–Crippen MR) is 105 cm³/mol. The van der Waals surface area contributed by atoms with Gasteiger partial charge in [0.25, 0.3) is 5.91 Å². The topological polar surface area (TPSA) is 85.4 Å². The molecule has 0 bridgehead atoms. The summed E-state index contributed by atoms with van der Waals surface area (Å²) in [7, 11) is -4.86. The number of aromatic nitrogens is 1. The number of aryl methyl sites for hydroxylation is 1. The summed E-state index contributed by atoms with van der Waals surface area (Å²) >= 11 is 1.50. The molecule has 0 aliphatic heterocycles. The van der Waals surface area contributed by atoms with Crippen molar-refractivity contribution in [1.82, 2.24) is 4.98 Å². The summed E-state index contributed by atoms with van der Waals surface area (Å²) in [4.78, 5) is 16.2. The maximum absolute atomic E-state index is 12.9. The van der Waals surface area contributed by atoms with Crippen LogP contribution in [-0.4, -0.2) is 25.1 Å². The number of nitrogens with one attached hydrogen (secondary N) is 1. The van der Waals surface area contributed by atoms with E-state index in [1.54, 1.807) is 12.1 Å². The van der Waals surface area contributed by atoms with Gasteiger partial charge in [-0.15, -0.1) is 11.3 Å². The van der Waals surface area contributed by atoms with Crippen LogP contribution in [0, 0.1) is 6.92 Å². The van der Waals surface area contributed by atoms with Crippen LogP contribution in [0.2, 0.25) is 0 Å². The Morgan fingerprint density at radius 2 is 1.97 bits per heavy atom. The molecule has 1 heterocycles. The molecule has 3 rings (SSSR count). The molecular weight excluding hydrogens is 422 g/mol. The van der Waals surface area contributed by atoms with Crippen molar-refractivity contribution >= 4 is 32.8 Å². The number of carbonyl (C=O) groups excluding carboxylic acids is 1. The van der Waals surface area contributed by atoms with Crippen LogP contribution in [0.15, 0.2) is 58.8 Å². The largest absolute Gasteiger partial charge is 0.487 e. The third-order valence-electron chi connectivity index (χ3n) is 3.83. The molecule has 1 amide bonds. The number of benzene rings is 2. The van der Waals surface area contributed by atoms with Crippen LogP contribution in [0.25, 0.3) is 0 Å². The molecule has 1 N–H and O–H groups in total. The van der Waals surface area contributed by atoms with Crippen molar-refractivity contribution < 1.29 is 26.7 Å². The van der Waals surface area contributed by atoms with Crippen molar-refractivity contribution in [2.75, 3.05) is 5.32 Å². The lowest BCUT2D eigenvalue weighted by Gasteiger charge is -2.12. The molecule has 0 saturated heterocycles. The first kappa shape index (κ1) is 20.9. The van der Waals surface area contributed by atoms with Gasteiger partial charge in [0.15, 0.2) is 0 Å². The summed E-state index contributed by atoms with van der Waals surface area (Å²) in [5.74, 6) is -3.83. The second-order valence-corrected chi connectivity index (χ2v) is 8.88. The Hall–Kier alpha value is -2.85. The number of hydrogen-bond donors (Lipinski definition) is 1. The predicted octanol–water partition coefficient (Wildman–Crippen LogP) is 4.28. The van der Waals surface area contributed by atoms with Gasteiger partial charge < -0.3 is 10.1 Å². The number of thiazole rings is 1. The average Bonchev–Trinajstić information content (AvgIpc) is 3.12. The highest BCUT2D eigenvalue weighted by atomic mass is 32.2. The van der Waals surface area contributed by atoms with Gasteiger partial charge in [-0.2, -0.15) is 8.78 Å². The number of ether oxygens (including phenoxy) is 1. The standard InChI is InChI=1S/C19H16F2N2O4S2/c1-12-22-14(11-28-12)10-27-15-6-4-5-13(9-15)18(24)23-16-7-2-3-8-17(16)29(25,26)19(20)21/h2-9,11,19H,10H2,1H3,(H,23,24). The molecule has 0 saturated carbocycles. The van der Waals surface area contributed by atoms with Gasteiger partial charge in [0.1, 0.15) is 12.4 Å². The molecule has 3 aromatic rings. The zero-order valence-electron chi connectivity index (χ0n) is 15.1. The average molecular weight is 438 g/mol. The molecule has 0 atom stereocenters. The first-order valence-electron chi connectivity index (χ1n) is 8.33. The minimum absolute atomic E-state index is 0.182. The highest BCUT2D eigenvalue weighted by molar-refractivity contribution is 7.91. The van der Waals surface area contributed by atoms with Crippen molar-refractivity contribution in [3.8, 4) is 5.75 Å². The summed E-state index contributed by atoms with van der Waals surface area (Å²) in [6, 6.07) is 11.2. The third kappa shape index (κ3) is 4.96. The first-order valence-corrected chi connectivity index (χ1v) is 10.8. The van der Waals surface area contributed by atoms with E-state index < -0.39 is 26.4 Å². The smallest absolute Gasteiger partial charge is 0.341 e. The zero-order valence-corrected chi connectivity index (χ0v) is 16.8. The number of sulfone groups is 1. The summed E-state index contributed by atoms with van der Waals surface area (Å²) in [5.41, 5.74) is 0.719. The van der Waals surface area contributed by atoms with E-state index in [0.717, 1.165) is 16.8 Å². The van der Waals surface area contributed by atoms with E-state index >= 15 is 0 Å². The molecule has 0 spiro atoms. The number of hydrogen-bond acceptors (Lipinski definition) is 6. The molecule has 0 aliphatic carbocycles. The normalized spacial score (nSPS) is 11.4. The lowest BCUT2D eigenvalue weighted by atomic mass is 10.2. The summed E-state index contributed by atoms with van der Waals surface area (Å²) in [6.07, 6.45) is 0. The van der Waals surface area contributed by atoms with Crippen molar-refractivity contribution in [3.05, 3.63) is 70.2 Å². The van der Waals surface area contributed by atoms with E-state index in [9.17, 15) is 22.0 Å². The van der Waals surface area contributed by atoms with Gasteiger partial charge in [0, 0.05) is 10.9 Å². The fourth-order valence-electron chi connectivity index (χ4n) is 2.47. The lowest BCUT2D eigenvalue weighted by Crippen LogP contribution is -2.17. The van der Waals surface area contributed by atoms with E-state index in [-0.39, 0.29) is 17.9 Å². The van der Waals surface area contributed by atoms with E-state index in [0.29, 0.717) is 5.75 Å². The molecule has 0 unspecified atom stereocenters. The number of amides is 1. The highest BCUT2D eigenvalue weighted by Gasteiger charge is 2.29. The summed E-state index contributed by atoms with van der Waals surface area (Å²) in [6.45, 7) is 2.11. The van der Waals surface area contributed by atoms with E-state index in [1.165, 1.54) is 41.7 Å². The van der Waals surface area contributed by atoms with E-state index in [1.807, 2.05) is 12.3 Å². The Morgan fingerprint density at radius 1 is 1.21 bits per heavy atom. The minimum Gasteiger partial charge on any atom is -0.487 e. The molecule has 2 aromatic carbocycles. The molecule has 152 valence electrons. The van der Waals surface area contributed by atoms with Crippen molar-refractivity contribution in [2.45, 2.75) is 24.2 Å². The SMILES string of the molecule is Cc1nc(COc2cccc(C(=O)Nc3ccccc3S(=O)(=O)C(F)F)c2)cs1. The summed E-state index contributed by atoms with van der Waals surface area (Å²) in [5, 5.41) is 5.15. The molecule has 1 aromatic heterocycles. The maximum atomic E-state index is 12.9. The number of anilines is 1. The minimum atomic E-state index is -4.86. The van der Waals surface area contributed by atoms with E-state index in [4.69, 9.17) is 4.74 Å². The van der Waals surface area contributed by atoms with Gasteiger partial charge >= 0.3 is 5.76 Å². The number of rotatable bonds is 7. The monoisotopic (exact) mass is 438 g/mol. The van der Waals surface area contributed by atoms with Gasteiger partial charge in [-0.25, -0.2) is 13.4 Å². The van der Waals surface area contributed by atoms with Gasteiger partial charge in [0.2, 0.25) is 9.84 Å². The second kappa shape index (κ2) is 8.66. The molecule has 0 fully saturated rings. The molecule has 0 aliphatic rings. The van der Waals surface area contributed by atoms with Gasteiger partial charge in [-0.05, 0) is 37.3 Å². The molecule has 0 radical (unpaired) electrons. The Balaban J connectivity index is 1.77. The molecule has 6 nitrogen and oxygen atoms in total. The Kier molecular flexibility index (Phi) is 6.23. The van der Waals surface area contributed by atoms with Crippen molar-refractivity contribution in [3.63, 3.8) is 0 Å². The summed E-state index contributed by atoms with van der Waals surface area (Å²) < 4.78 is 55.1. The first-order chi connectivity index (χ1) is 13.8. The second-order valence-electron chi connectivity index (χ2n) is 5.93. The van der Waals surface area contributed by atoms with Crippen LogP contribution in [0.5, 0.6) is 5.75 Å². The van der Waals surface area contributed by atoms with Crippen LogP contribution in [0.3, 0.4) is 0 Å². The van der Waals surface area contributed by atoms with Crippen molar-refractivity contribution in [1.29, 1.82) is 0 Å². The van der Waals surface area contributed by atoms with Gasteiger partial charge in [0.05, 0.1) is 21.3 Å². The Morgan fingerprint density at radius 3 is 2.66 bits per heavy atom. The molecule has 10 heteroatoms. The van der Waals surface area contributed by atoms with Gasteiger partial charge in [-0.1, -0.05) is 18.2 Å². The third-order valence-corrected chi connectivity index (χ3v) is 6.09. The maximum Gasteiger partial charge on any atom is 0.341 e. The van der Waals surface area contributed by atoms with Crippen LogP contribution in [-0.2, 0) is 16.4 Å². The number of nitrogens with zero attached hydrogens (tertiary/aromatic N) is 1. The lowest BCUT2D eigenvalue weighted by molar-refractivity contribution is 0.102. The zero-order chi connectivity index (χ0) is 21.0. The number of para-hydroxylation sites is 1. The molecule has 29 heavy (non-hydrogen) atoms. The fraction of sp³-hybridized carbons (Fsp3) is 0.158. The number of halogens is 2. The molecular formula is C19H16F2N2O4S2. The van der Waals surface area contributed by atoms with Crippen molar-refractivity contribution in [2.24, 2.45) is 0 Å². The highest BCUT2D eigenvalue weighted by Crippen LogP contribution is 2.27. The van der Waals surface area contributed by atoms with Gasteiger partial charge in [-0.3, -0.25) is 4.79 Å².